The molecule has 88 valence electrons. The lowest BCUT2D eigenvalue weighted by atomic mass is 9.68. The summed E-state index contributed by atoms with van der Waals surface area (Å²) < 4.78 is 10.5. The normalized spacial score (nSPS) is 52.9. The molecule has 0 radical (unpaired) electrons. The summed E-state index contributed by atoms with van der Waals surface area (Å²) >= 11 is 2.31. The Bertz CT molecular complexity index is 382. The van der Waals surface area contributed by atoms with Crippen LogP contribution in [0.5, 0.6) is 0 Å². The van der Waals surface area contributed by atoms with Crippen molar-refractivity contribution in [2.75, 3.05) is 7.11 Å². The Balaban J connectivity index is 2.07. The van der Waals surface area contributed by atoms with Crippen molar-refractivity contribution in [2.24, 2.45) is 23.2 Å². The third-order valence-corrected chi connectivity index (χ3v) is 6.26. The summed E-state index contributed by atoms with van der Waals surface area (Å²) in [5, 5.41) is 0. The van der Waals surface area contributed by atoms with Gasteiger partial charge >= 0.3 is 11.9 Å². The summed E-state index contributed by atoms with van der Waals surface area (Å²) in [6.45, 7) is 1.87. The highest BCUT2D eigenvalue weighted by atomic mass is 127. The molecule has 3 aliphatic rings. The molecule has 2 saturated carbocycles. The zero-order chi connectivity index (χ0) is 11.7. The number of methoxy groups -OCH3 is 1. The second kappa shape index (κ2) is 3.11. The van der Waals surface area contributed by atoms with Gasteiger partial charge in [-0.15, -0.1) is 0 Å². The average molecular weight is 336 g/mol. The van der Waals surface area contributed by atoms with E-state index < -0.39 is 5.41 Å². The van der Waals surface area contributed by atoms with E-state index in [1.165, 1.54) is 7.11 Å². The maximum absolute atomic E-state index is 12.0. The molecular weight excluding hydrogens is 323 g/mol. The van der Waals surface area contributed by atoms with Crippen molar-refractivity contribution in [2.45, 2.75) is 23.4 Å². The van der Waals surface area contributed by atoms with Gasteiger partial charge in [-0.25, -0.2) is 0 Å². The fourth-order valence-electron chi connectivity index (χ4n) is 3.83. The van der Waals surface area contributed by atoms with E-state index >= 15 is 0 Å². The molecule has 6 unspecified atom stereocenters. The van der Waals surface area contributed by atoms with Gasteiger partial charge in [-0.2, -0.15) is 0 Å². The summed E-state index contributed by atoms with van der Waals surface area (Å²) in [6.07, 6.45) is 0.935. The highest BCUT2D eigenvalue weighted by Gasteiger charge is 2.74. The van der Waals surface area contributed by atoms with E-state index in [1.54, 1.807) is 0 Å². The Kier molecular flexibility index (Phi) is 2.10. The number of fused-ring (bicyclic) bond motifs is 1. The lowest BCUT2D eigenvalue weighted by Crippen LogP contribution is -2.45. The Hall–Kier alpha value is -0.330. The first-order valence-corrected chi connectivity index (χ1v) is 6.69. The van der Waals surface area contributed by atoms with Crippen LogP contribution in [0.1, 0.15) is 13.3 Å². The van der Waals surface area contributed by atoms with Crippen molar-refractivity contribution >= 4 is 34.5 Å². The maximum Gasteiger partial charge on any atom is 0.313 e. The van der Waals surface area contributed by atoms with Gasteiger partial charge in [0.25, 0.3) is 0 Å². The molecule has 1 aliphatic heterocycles. The smallest absolute Gasteiger partial charge is 0.313 e. The number of halogens is 1. The van der Waals surface area contributed by atoms with Gasteiger partial charge in [-0.1, -0.05) is 22.6 Å². The van der Waals surface area contributed by atoms with Crippen LogP contribution >= 0.6 is 22.6 Å². The van der Waals surface area contributed by atoms with Gasteiger partial charge in [-0.3, -0.25) is 9.59 Å². The summed E-state index contributed by atoms with van der Waals surface area (Å²) in [6, 6.07) is 0. The largest absolute Gasteiger partial charge is 0.469 e. The molecule has 0 N–H and O–H groups in total. The Morgan fingerprint density at radius 1 is 1.62 bits per heavy atom. The predicted octanol–water partition coefficient (Wildman–Crippen LogP) is 1.16. The molecule has 5 heteroatoms. The molecule has 1 heterocycles. The van der Waals surface area contributed by atoms with Gasteiger partial charge in [-0.05, 0) is 19.3 Å². The minimum absolute atomic E-state index is 0.0176. The van der Waals surface area contributed by atoms with E-state index in [0.717, 1.165) is 6.42 Å². The van der Waals surface area contributed by atoms with Gasteiger partial charge in [0.15, 0.2) is 0 Å². The summed E-state index contributed by atoms with van der Waals surface area (Å²) in [5.41, 5.74) is -0.635. The molecule has 16 heavy (non-hydrogen) atoms. The first-order valence-electron chi connectivity index (χ1n) is 5.44. The van der Waals surface area contributed by atoms with Crippen LogP contribution in [-0.4, -0.2) is 29.1 Å². The van der Waals surface area contributed by atoms with E-state index in [9.17, 15) is 9.59 Å². The van der Waals surface area contributed by atoms with Crippen molar-refractivity contribution in [1.29, 1.82) is 0 Å². The number of rotatable bonds is 1. The number of hydrogen-bond acceptors (Lipinski definition) is 4. The zero-order valence-corrected chi connectivity index (χ0v) is 11.3. The van der Waals surface area contributed by atoms with E-state index in [0.29, 0.717) is 0 Å². The molecule has 6 atom stereocenters. The zero-order valence-electron chi connectivity index (χ0n) is 9.10. The fraction of sp³-hybridized carbons (Fsp3) is 0.818. The molecule has 0 amide bonds. The van der Waals surface area contributed by atoms with Crippen molar-refractivity contribution in [3.05, 3.63) is 0 Å². The van der Waals surface area contributed by atoms with Gasteiger partial charge in [0.05, 0.1) is 22.4 Å². The third kappa shape index (κ3) is 0.966. The topological polar surface area (TPSA) is 52.6 Å². The SMILES string of the molecule is COC(=O)C1C2CC3C(OC(=O)C31C)C2I. The number of esters is 2. The summed E-state index contributed by atoms with van der Waals surface area (Å²) in [5.74, 6) is -0.334. The highest BCUT2D eigenvalue weighted by Crippen LogP contribution is 2.66. The molecule has 2 aliphatic carbocycles. The van der Waals surface area contributed by atoms with Gasteiger partial charge in [0.1, 0.15) is 6.10 Å². The van der Waals surface area contributed by atoms with Crippen LogP contribution < -0.4 is 0 Å². The number of ether oxygens (including phenoxy) is 2. The highest BCUT2D eigenvalue weighted by molar-refractivity contribution is 14.1. The van der Waals surface area contributed by atoms with Gasteiger partial charge in [0.2, 0.25) is 0 Å². The minimum atomic E-state index is -0.635. The number of hydrogen-bond donors (Lipinski definition) is 0. The molecule has 2 bridgehead atoms. The first kappa shape index (κ1) is 10.8. The molecule has 3 rings (SSSR count). The molecule has 0 aromatic rings. The van der Waals surface area contributed by atoms with Crippen LogP contribution in [0, 0.1) is 23.2 Å². The molecule has 1 saturated heterocycles. The van der Waals surface area contributed by atoms with Crippen LogP contribution in [0.25, 0.3) is 0 Å². The van der Waals surface area contributed by atoms with Crippen molar-refractivity contribution in [3.63, 3.8) is 0 Å². The monoisotopic (exact) mass is 336 g/mol. The third-order valence-electron chi connectivity index (χ3n) is 4.63. The number of alkyl halides is 1. The van der Waals surface area contributed by atoms with E-state index in [1.807, 2.05) is 6.92 Å². The molecule has 0 aromatic carbocycles. The van der Waals surface area contributed by atoms with Crippen LogP contribution in [0.15, 0.2) is 0 Å². The number of carbonyl (C=O) groups is 2. The summed E-state index contributed by atoms with van der Waals surface area (Å²) in [7, 11) is 1.39. The van der Waals surface area contributed by atoms with E-state index in [-0.39, 0.29) is 39.7 Å². The summed E-state index contributed by atoms with van der Waals surface area (Å²) in [4.78, 5) is 23.8. The van der Waals surface area contributed by atoms with Crippen LogP contribution in [0.2, 0.25) is 0 Å². The molecule has 0 spiro atoms. The lowest BCUT2D eigenvalue weighted by Gasteiger charge is -2.33. The van der Waals surface area contributed by atoms with E-state index in [4.69, 9.17) is 9.47 Å². The van der Waals surface area contributed by atoms with Crippen LogP contribution in [-0.2, 0) is 19.1 Å². The predicted molar refractivity (Wildman–Crippen MR) is 62.9 cm³/mol. The fourth-order valence-corrected chi connectivity index (χ4v) is 5.18. The first-order chi connectivity index (χ1) is 7.51. The Morgan fingerprint density at radius 3 is 2.94 bits per heavy atom. The second-order valence-corrected chi connectivity index (χ2v) is 6.54. The number of carbonyl (C=O) groups excluding carboxylic acids is 2. The van der Waals surface area contributed by atoms with Crippen LogP contribution in [0.4, 0.5) is 0 Å². The molecule has 3 fully saturated rings. The lowest BCUT2D eigenvalue weighted by molar-refractivity contribution is -0.159. The quantitative estimate of drug-likeness (QED) is 0.410. The molecular formula is C11H13IO4. The van der Waals surface area contributed by atoms with Gasteiger partial charge < -0.3 is 9.47 Å². The van der Waals surface area contributed by atoms with E-state index in [2.05, 4.69) is 22.6 Å². The van der Waals surface area contributed by atoms with Crippen molar-refractivity contribution in [1.82, 2.24) is 0 Å². The molecule has 4 nitrogen and oxygen atoms in total. The molecule has 0 aromatic heterocycles. The maximum atomic E-state index is 12.0. The average Bonchev–Trinajstić information content (AvgIpc) is 2.79. The van der Waals surface area contributed by atoms with Crippen molar-refractivity contribution < 1.29 is 19.1 Å². The second-order valence-electron chi connectivity index (χ2n) is 5.10. The van der Waals surface area contributed by atoms with Gasteiger partial charge in [0, 0.05) is 5.92 Å². The Labute approximate surface area is 107 Å². The van der Waals surface area contributed by atoms with Crippen LogP contribution in [0.3, 0.4) is 0 Å². The minimum Gasteiger partial charge on any atom is -0.469 e. The van der Waals surface area contributed by atoms with Crippen molar-refractivity contribution in [3.8, 4) is 0 Å². The Morgan fingerprint density at radius 2 is 2.31 bits per heavy atom. The standard InChI is InChI=1S/C11H13IO4/c1-11-5-3-4(6(11)9(13)15-2)7(12)8(5)16-10(11)14/h4-8H,3H2,1-2H3.